The van der Waals surface area contributed by atoms with Gasteiger partial charge in [0.1, 0.15) is 5.03 Å². The Morgan fingerprint density at radius 3 is 3.05 bits per heavy atom. The highest BCUT2D eigenvalue weighted by Crippen LogP contribution is 2.13. The van der Waals surface area contributed by atoms with Crippen LogP contribution in [0.2, 0.25) is 0 Å². The molecule has 0 atom stereocenters. The quantitative estimate of drug-likeness (QED) is 0.414. The molecule has 1 heterocycles. The zero-order chi connectivity index (χ0) is 14.1. The van der Waals surface area contributed by atoms with Crippen LogP contribution < -0.4 is 5.32 Å². The molecule has 0 aliphatic heterocycles. The third-order valence-electron chi connectivity index (χ3n) is 2.38. The topological polar surface area (TPSA) is 83.8 Å². The summed E-state index contributed by atoms with van der Waals surface area (Å²) >= 11 is 3.17. The number of aromatic nitrogens is 2. The molecule has 6 nitrogen and oxygen atoms in total. The third-order valence-corrected chi connectivity index (χ3v) is 4.12. The number of hydrogen-bond acceptors (Lipinski definition) is 6. The minimum absolute atomic E-state index is 0.437. The first-order valence-corrected chi connectivity index (χ1v) is 8.21. The Bertz CT molecular complexity index is 434. The van der Waals surface area contributed by atoms with Crippen molar-refractivity contribution in [1.82, 2.24) is 15.3 Å². The van der Waals surface area contributed by atoms with Crippen molar-refractivity contribution in [2.75, 3.05) is 18.6 Å². The number of aryl methyl sites for hydroxylation is 1. The molecule has 0 amide bonds. The second-order valence-electron chi connectivity index (χ2n) is 3.79. The van der Waals surface area contributed by atoms with Crippen molar-refractivity contribution in [2.24, 2.45) is 0 Å². The number of H-pyrrole nitrogens is 1. The van der Waals surface area contributed by atoms with Gasteiger partial charge in [-0.05, 0) is 25.4 Å². The first-order chi connectivity index (χ1) is 9.13. The van der Waals surface area contributed by atoms with Gasteiger partial charge in [0.25, 0.3) is 6.20 Å². The zero-order valence-corrected chi connectivity index (χ0v) is 12.6. The minimum atomic E-state index is -0.437. The van der Waals surface area contributed by atoms with Gasteiger partial charge in [-0.1, -0.05) is 0 Å². The molecular weight excluding hydrogens is 284 g/mol. The molecule has 0 radical (unpaired) electrons. The number of nitro groups is 1. The van der Waals surface area contributed by atoms with Gasteiger partial charge in [-0.25, -0.2) is 4.98 Å². The fraction of sp³-hybridized carbons (Fsp3) is 0.545. The number of thioether (sulfide) groups is 2. The first-order valence-electron chi connectivity index (χ1n) is 5.83. The molecule has 0 bridgehead atoms. The summed E-state index contributed by atoms with van der Waals surface area (Å²) in [6, 6.07) is 0. The van der Waals surface area contributed by atoms with Crippen LogP contribution in [0, 0.1) is 17.0 Å². The number of nitrogens with one attached hydrogen (secondary N) is 2. The lowest BCUT2D eigenvalue weighted by molar-refractivity contribution is -0.403. The normalized spacial score (nSPS) is 11.6. The van der Waals surface area contributed by atoms with Crippen LogP contribution in [0.15, 0.2) is 17.6 Å². The lowest BCUT2D eigenvalue weighted by atomic mass is 10.4. The highest BCUT2D eigenvalue weighted by Gasteiger charge is 2.02. The molecule has 1 aromatic rings. The fourth-order valence-electron chi connectivity index (χ4n) is 1.35. The van der Waals surface area contributed by atoms with Crippen molar-refractivity contribution < 1.29 is 4.92 Å². The summed E-state index contributed by atoms with van der Waals surface area (Å²) in [6.45, 7) is 2.75. The Morgan fingerprint density at radius 1 is 1.68 bits per heavy atom. The summed E-state index contributed by atoms with van der Waals surface area (Å²) in [6.07, 6.45) is 5.49. The van der Waals surface area contributed by atoms with E-state index in [-0.39, 0.29) is 0 Å². The van der Waals surface area contributed by atoms with Crippen LogP contribution in [0.1, 0.15) is 17.8 Å². The van der Waals surface area contributed by atoms with Crippen molar-refractivity contribution in [2.45, 2.75) is 19.1 Å². The number of imidazole rings is 1. The summed E-state index contributed by atoms with van der Waals surface area (Å²) in [7, 11) is 0. The molecule has 0 aliphatic rings. The van der Waals surface area contributed by atoms with Gasteiger partial charge >= 0.3 is 0 Å². The molecule has 0 saturated carbocycles. The van der Waals surface area contributed by atoms with E-state index >= 15 is 0 Å². The van der Waals surface area contributed by atoms with E-state index in [2.05, 4.69) is 15.3 Å². The molecule has 0 aromatic carbocycles. The predicted molar refractivity (Wildman–Crippen MR) is 80.7 cm³/mol. The van der Waals surface area contributed by atoms with E-state index < -0.39 is 4.92 Å². The van der Waals surface area contributed by atoms with Crippen molar-refractivity contribution in [3.8, 4) is 0 Å². The Balaban J connectivity index is 2.11. The minimum Gasteiger partial charge on any atom is -0.375 e. The van der Waals surface area contributed by atoms with E-state index in [0.29, 0.717) is 5.03 Å². The Kier molecular flexibility index (Phi) is 7.42. The van der Waals surface area contributed by atoms with E-state index in [9.17, 15) is 10.1 Å². The molecule has 0 saturated heterocycles. The largest absolute Gasteiger partial charge is 0.375 e. The Labute approximate surface area is 121 Å². The van der Waals surface area contributed by atoms with Crippen molar-refractivity contribution >= 4 is 23.5 Å². The smallest absolute Gasteiger partial charge is 0.263 e. The maximum Gasteiger partial charge on any atom is 0.263 e. The number of nitrogens with zero attached hydrogens (tertiary/aromatic N) is 2. The maximum absolute atomic E-state index is 10.3. The fourth-order valence-corrected chi connectivity index (χ4v) is 2.77. The van der Waals surface area contributed by atoms with Crippen molar-refractivity contribution in [3.05, 3.63) is 39.1 Å². The maximum atomic E-state index is 10.3. The van der Waals surface area contributed by atoms with E-state index in [1.54, 1.807) is 6.33 Å². The molecule has 0 spiro atoms. The zero-order valence-electron chi connectivity index (χ0n) is 11.0. The van der Waals surface area contributed by atoms with E-state index in [0.717, 1.165) is 42.1 Å². The van der Waals surface area contributed by atoms with Gasteiger partial charge in [0.05, 0.1) is 16.9 Å². The Morgan fingerprint density at radius 2 is 2.47 bits per heavy atom. The number of hydrogen-bond donors (Lipinski definition) is 2. The van der Waals surface area contributed by atoms with Gasteiger partial charge < -0.3 is 10.3 Å². The summed E-state index contributed by atoms with van der Waals surface area (Å²) in [5.74, 6) is 1.90. The monoisotopic (exact) mass is 302 g/mol. The summed E-state index contributed by atoms with van der Waals surface area (Å²) < 4.78 is 0. The van der Waals surface area contributed by atoms with Gasteiger partial charge in [0.15, 0.2) is 0 Å². The standard InChI is InChI=1S/C11H18N4O2S2/c1-9-10(14-8-13-9)7-19-5-3-4-12-11(18-2)6-15(16)17/h6,8,12H,3-5,7H2,1-2H3,(H,13,14). The van der Waals surface area contributed by atoms with Crippen LogP contribution in [0.4, 0.5) is 0 Å². The summed E-state index contributed by atoms with van der Waals surface area (Å²) in [5, 5.41) is 14.0. The second kappa shape index (κ2) is 8.87. The van der Waals surface area contributed by atoms with Crippen LogP contribution in [-0.4, -0.2) is 33.4 Å². The molecule has 2 N–H and O–H groups in total. The lowest BCUT2D eigenvalue weighted by Gasteiger charge is -2.05. The number of aromatic amines is 1. The van der Waals surface area contributed by atoms with Crippen molar-refractivity contribution in [3.63, 3.8) is 0 Å². The average molecular weight is 302 g/mol. The summed E-state index contributed by atoms with van der Waals surface area (Å²) in [4.78, 5) is 17.2. The van der Waals surface area contributed by atoms with Crippen LogP contribution in [0.5, 0.6) is 0 Å². The highest BCUT2D eigenvalue weighted by atomic mass is 32.2. The second-order valence-corrected chi connectivity index (χ2v) is 5.74. The molecule has 0 aliphatic carbocycles. The molecule has 106 valence electrons. The van der Waals surface area contributed by atoms with Gasteiger partial charge in [0, 0.05) is 18.0 Å². The predicted octanol–water partition coefficient (Wildman–Crippen LogP) is 2.37. The average Bonchev–Trinajstić information content (AvgIpc) is 2.77. The number of rotatable bonds is 9. The first kappa shape index (κ1) is 15.9. The molecule has 1 aromatic heterocycles. The van der Waals surface area contributed by atoms with Gasteiger partial charge in [-0.3, -0.25) is 10.1 Å². The van der Waals surface area contributed by atoms with Crippen molar-refractivity contribution in [1.29, 1.82) is 0 Å². The summed E-state index contributed by atoms with van der Waals surface area (Å²) in [5.41, 5.74) is 2.21. The highest BCUT2D eigenvalue weighted by molar-refractivity contribution is 8.02. The molecular formula is C11H18N4O2S2. The van der Waals surface area contributed by atoms with Gasteiger partial charge in [-0.2, -0.15) is 11.8 Å². The lowest BCUT2D eigenvalue weighted by Crippen LogP contribution is -2.14. The SMILES string of the molecule is CSC(=C[N+](=O)[O-])NCCCSCc1nc[nH]c1C. The van der Waals surface area contributed by atoms with Crippen LogP contribution in [0.3, 0.4) is 0 Å². The van der Waals surface area contributed by atoms with E-state index in [1.165, 1.54) is 11.8 Å². The van der Waals surface area contributed by atoms with E-state index in [1.807, 2.05) is 24.9 Å². The van der Waals surface area contributed by atoms with Crippen LogP contribution >= 0.6 is 23.5 Å². The Hall–Kier alpha value is -1.15. The van der Waals surface area contributed by atoms with Crippen LogP contribution in [-0.2, 0) is 5.75 Å². The molecule has 8 heteroatoms. The van der Waals surface area contributed by atoms with Gasteiger partial charge in [0.2, 0.25) is 0 Å². The van der Waals surface area contributed by atoms with Crippen LogP contribution in [0.25, 0.3) is 0 Å². The molecule has 19 heavy (non-hydrogen) atoms. The van der Waals surface area contributed by atoms with E-state index in [4.69, 9.17) is 0 Å². The molecule has 1 rings (SSSR count). The molecule has 0 fully saturated rings. The van der Waals surface area contributed by atoms with Gasteiger partial charge in [-0.15, -0.1) is 11.8 Å². The molecule has 0 unspecified atom stereocenters. The third kappa shape index (κ3) is 6.53.